The van der Waals surface area contributed by atoms with Crippen molar-refractivity contribution in [2.45, 2.75) is 50.2 Å². The third-order valence-electron chi connectivity index (χ3n) is 3.75. The minimum Gasteiger partial charge on any atom is -0.465 e. The lowest BCUT2D eigenvalue weighted by molar-refractivity contribution is -0.121. The predicted octanol–water partition coefficient (Wildman–Crippen LogP) is 3.81. The van der Waals surface area contributed by atoms with Crippen LogP contribution in [0.4, 0.5) is 0 Å². The van der Waals surface area contributed by atoms with Crippen molar-refractivity contribution in [1.29, 1.82) is 0 Å². The Hall–Kier alpha value is -0.320. The average Bonchev–Trinajstić information content (AvgIpc) is 2.64. The molecule has 1 heterocycles. The number of hydrogen-bond acceptors (Lipinski definition) is 3. The summed E-state index contributed by atoms with van der Waals surface area (Å²) in [4.78, 5) is 0. The van der Waals surface area contributed by atoms with E-state index in [1.807, 2.05) is 0 Å². The van der Waals surface area contributed by atoms with E-state index in [2.05, 4.69) is 15.9 Å². The summed E-state index contributed by atoms with van der Waals surface area (Å²) >= 11 is 3.40. The normalized spacial score (nSPS) is 22.1. The summed E-state index contributed by atoms with van der Waals surface area (Å²) in [5.74, 6) is 0.578. The fourth-order valence-electron chi connectivity index (χ4n) is 2.66. The van der Waals surface area contributed by atoms with Crippen molar-refractivity contribution >= 4 is 15.9 Å². The molecule has 96 valence electrons. The highest BCUT2D eigenvalue weighted by Gasteiger charge is 2.41. The van der Waals surface area contributed by atoms with E-state index in [9.17, 15) is 5.11 Å². The molecule has 1 N–H and O–H groups in total. The second-order valence-corrected chi connectivity index (χ2v) is 5.57. The molecule has 0 bridgehead atoms. The lowest BCUT2D eigenvalue weighted by atomic mass is 9.87. The Bertz CT molecular complexity index is 353. The predicted molar refractivity (Wildman–Crippen MR) is 68.8 cm³/mol. The van der Waals surface area contributed by atoms with Crippen LogP contribution >= 0.6 is 15.9 Å². The van der Waals surface area contributed by atoms with Crippen LogP contribution in [0, 0.1) is 0 Å². The number of ether oxygens (including phenoxy) is 1. The second-order valence-electron chi connectivity index (χ2n) is 4.72. The standard InChI is InChI=1S/C13H19BrO3/c1-16-13(7-4-2-3-5-8-13)12(15)11-10(14)6-9-17-11/h6,9,12,15H,2-5,7-8H2,1H3. The molecule has 1 saturated carbocycles. The third-order valence-corrected chi connectivity index (χ3v) is 4.40. The summed E-state index contributed by atoms with van der Waals surface area (Å²) in [7, 11) is 1.69. The molecule has 2 rings (SSSR count). The lowest BCUT2D eigenvalue weighted by Crippen LogP contribution is -2.38. The number of furan rings is 1. The van der Waals surface area contributed by atoms with Gasteiger partial charge in [-0.3, -0.25) is 0 Å². The Morgan fingerprint density at radius 2 is 2.00 bits per heavy atom. The summed E-state index contributed by atoms with van der Waals surface area (Å²) in [5.41, 5.74) is -0.489. The maximum absolute atomic E-state index is 10.5. The van der Waals surface area contributed by atoms with E-state index in [4.69, 9.17) is 9.15 Å². The largest absolute Gasteiger partial charge is 0.465 e. The zero-order chi connectivity index (χ0) is 12.3. The number of aliphatic hydroxyl groups excluding tert-OH is 1. The number of rotatable bonds is 3. The Morgan fingerprint density at radius 3 is 2.47 bits per heavy atom. The van der Waals surface area contributed by atoms with E-state index in [1.165, 1.54) is 12.8 Å². The highest BCUT2D eigenvalue weighted by molar-refractivity contribution is 9.10. The molecule has 0 spiro atoms. The first-order valence-corrected chi connectivity index (χ1v) is 6.95. The van der Waals surface area contributed by atoms with Crippen molar-refractivity contribution in [3.8, 4) is 0 Å². The van der Waals surface area contributed by atoms with E-state index in [-0.39, 0.29) is 0 Å². The molecule has 4 heteroatoms. The first kappa shape index (κ1) is 13.1. The van der Waals surface area contributed by atoms with Gasteiger partial charge in [-0.1, -0.05) is 25.7 Å². The van der Waals surface area contributed by atoms with E-state index < -0.39 is 11.7 Å². The molecule has 1 aliphatic rings. The van der Waals surface area contributed by atoms with Crippen LogP contribution in [0.1, 0.15) is 50.4 Å². The summed E-state index contributed by atoms with van der Waals surface area (Å²) < 4.78 is 11.8. The Morgan fingerprint density at radius 1 is 1.35 bits per heavy atom. The van der Waals surface area contributed by atoms with Crippen molar-refractivity contribution in [3.63, 3.8) is 0 Å². The van der Waals surface area contributed by atoms with Gasteiger partial charge in [0.1, 0.15) is 17.5 Å². The molecule has 1 aliphatic carbocycles. The summed E-state index contributed by atoms with van der Waals surface area (Å²) in [6.45, 7) is 0. The molecular weight excluding hydrogens is 284 g/mol. The van der Waals surface area contributed by atoms with Crippen LogP contribution in [-0.2, 0) is 4.74 Å². The average molecular weight is 303 g/mol. The molecule has 0 amide bonds. The van der Waals surface area contributed by atoms with E-state index in [1.54, 1.807) is 19.4 Å². The number of halogens is 1. The topological polar surface area (TPSA) is 42.6 Å². The van der Waals surface area contributed by atoms with Crippen molar-refractivity contribution in [1.82, 2.24) is 0 Å². The SMILES string of the molecule is COC1(C(O)c2occc2Br)CCCCCC1. The molecule has 1 unspecified atom stereocenters. The van der Waals surface area contributed by atoms with Crippen LogP contribution in [0.5, 0.6) is 0 Å². The zero-order valence-corrected chi connectivity index (χ0v) is 11.7. The summed E-state index contributed by atoms with van der Waals surface area (Å²) in [5, 5.41) is 10.5. The molecular formula is C13H19BrO3. The molecule has 0 saturated heterocycles. The zero-order valence-electron chi connectivity index (χ0n) is 10.1. The van der Waals surface area contributed by atoms with Crippen LogP contribution in [0.2, 0.25) is 0 Å². The van der Waals surface area contributed by atoms with Crippen LogP contribution in [-0.4, -0.2) is 17.8 Å². The first-order valence-electron chi connectivity index (χ1n) is 6.16. The van der Waals surface area contributed by atoms with Gasteiger partial charge in [-0.05, 0) is 34.8 Å². The van der Waals surface area contributed by atoms with E-state index in [0.717, 1.165) is 30.2 Å². The van der Waals surface area contributed by atoms with Crippen LogP contribution < -0.4 is 0 Å². The fraction of sp³-hybridized carbons (Fsp3) is 0.692. The lowest BCUT2D eigenvalue weighted by Gasteiger charge is -2.35. The first-order chi connectivity index (χ1) is 8.19. The molecule has 1 aromatic heterocycles. The third kappa shape index (κ3) is 2.59. The van der Waals surface area contributed by atoms with Gasteiger partial charge in [0.25, 0.3) is 0 Å². The minimum atomic E-state index is -0.699. The van der Waals surface area contributed by atoms with Gasteiger partial charge >= 0.3 is 0 Å². The van der Waals surface area contributed by atoms with E-state index in [0.29, 0.717) is 5.76 Å². The van der Waals surface area contributed by atoms with Gasteiger partial charge in [0.05, 0.1) is 10.7 Å². The molecule has 1 fully saturated rings. The quantitative estimate of drug-likeness (QED) is 0.863. The van der Waals surface area contributed by atoms with Crippen molar-refractivity contribution < 1.29 is 14.3 Å². The molecule has 3 nitrogen and oxygen atoms in total. The highest BCUT2D eigenvalue weighted by atomic mass is 79.9. The van der Waals surface area contributed by atoms with E-state index >= 15 is 0 Å². The maximum atomic E-state index is 10.5. The molecule has 0 radical (unpaired) electrons. The molecule has 0 aliphatic heterocycles. The molecule has 17 heavy (non-hydrogen) atoms. The number of hydrogen-bond donors (Lipinski definition) is 1. The van der Waals surface area contributed by atoms with Gasteiger partial charge in [-0.25, -0.2) is 0 Å². The van der Waals surface area contributed by atoms with Crippen molar-refractivity contribution in [3.05, 3.63) is 22.6 Å². The van der Waals surface area contributed by atoms with Crippen LogP contribution in [0.15, 0.2) is 21.2 Å². The van der Waals surface area contributed by atoms with Gasteiger partial charge in [0, 0.05) is 7.11 Å². The van der Waals surface area contributed by atoms with Crippen LogP contribution in [0.3, 0.4) is 0 Å². The van der Waals surface area contributed by atoms with Gasteiger partial charge < -0.3 is 14.3 Å². The molecule has 1 aromatic rings. The van der Waals surface area contributed by atoms with Crippen molar-refractivity contribution in [2.24, 2.45) is 0 Å². The Balaban J connectivity index is 2.24. The van der Waals surface area contributed by atoms with Gasteiger partial charge in [0.15, 0.2) is 0 Å². The second kappa shape index (κ2) is 5.55. The highest BCUT2D eigenvalue weighted by Crippen LogP contribution is 2.42. The monoisotopic (exact) mass is 302 g/mol. The number of methoxy groups -OCH3 is 1. The summed E-state index contributed by atoms with van der Waals surface area (Å²) in [6.07, 6.45) is 7.30. The fourth-order valence-corrected chi connectivity index (χ4v) is 3.07. The van der Waals surface area contributed by atoms with Gasteiger partial charge in [-0.15, -0.1) is 0 Å². The summed E-state index contributed by atoms with van der Waals surface area (Å²) in [6, 6.07) is 1.80. The Labute approximate surface area is 110 Å². The van der Waals surface area contributed by atoms with Crippen molar-refractivity contribution in [2.75, 3.05) is 7.11 Å². The molecule has 0 aromatic carbocycles. The minimum absolute atomic E-state index is 0.489. The molecule has 1 atom stereocenters. The van der Waals surface area contributed by atoms with Gasteiger partial charge in [-0.2, -0.15) is 0 Å². The maximum Gasteiger partial charge on any atom is 0.149 e. The van der Waals surface area contributed by atoms with Gasteiger partial charge in [0.2, 0.25) is 0 Å². The number of aliphatic hydroxyl groups is 1. The Kier molecular flexibility index (Phi) is 4.28. The van der Waals surface area contributed by atoms with Crippen LogP contribution in [0.25, 0.3) is 0 Å². The smallest absolute Gasteiger partial charge is 0.149 e.